The third-order valence-electron chi connectivity index (χ3n) is 11.6. The van der Waals surface area contributed by atoms with Crippen molar-refractivity contribution in [3.8, 4) is 0 Å². The van der Waals surface area contributed by atoms with Crippen molar-refractivity contribution in [2.24, 2.45) is 70.0 Å². The van der Waals surface area contributed by atoms with Gasteiger partial charge < -0.3 is 14.2 Å². The first-order valence-corrected chi connectivity index (χ1v) is 10.7. The van der Waals surface area contributed by atoms with Crippen molar-refractivity contribution in [1.29, 1.82) is 0 Å². The maximum absolute atomic E-state index is 13.7. The number of hydrogen-bond acceptors (Lipinski definition) is 4. The summed E-state index contributed by atoms with van der Waals surface area (Å²) in [7, 11) is 1.83. The third kappa shape index (κ3) is 0.790. The zero-order valence-electron chi connectivity index (χ0n) is 14.5. The lowest BCUT2D eigenvalue weighted by Gasteiger charge is -2.65. The second-order valence-electron chi connectivity index (χ2n) is 10.9. The molecular formula is C21H24O4. The molecule has 0 unspecified atom stereocenters. The van der Waals surface area contributed by atoms with E-state index < -0.39 is 0 Å². The molecule has 4 nitrogen and oxygen atoms in total. The molecule has 0 N–H and O–H groups in total. The Balaban J connectivity index is 1.42. The van der Waals surface area contributed by atoms with E-state index in [2.05, 4.69) is 0 Å². The summed E-state index contributed by atoms with van der Waals surface area (Å²) in [6.45, 7) is 0. The van der Waals surface area contributed by atoms with Crippen LogP contribution in [0.3, 0.4) is 0 Å². The molecule has 10 rings (SSSR count). The molecule has 8 saturated carbocycles. The fraction of sp³-hybridized carbons (Fsp3) is 0.952. The molecule has 2 spiro atoms. The van der Waals surface area contributed by atoms with Gasteiger partial charge in [0, 0.05) is 18.4 Å². The minimum atomic E-state index is -0.225. The zero-order valence-corrected chi connectivity index (χ0v) is 14.5. The van der Waals surface area contributed by atoms with E-state index in [0.29, 0.717) is 35.7 Å². The third-order valence-corrected chi connectivity index (χ3v) is 11.6. The van der Waals surface area contributed by atoms with Crippen LogP contribution in [0, 0.1) is 70.0 Å². The number of hydrogen-bond donors (Lipinski definition) is 0. The van der Waals surface area contributed by atoms with E-state index in [1.807, 2.05) is 7.11 Å². The van der Waals surface area contributed by atoms with Gasteiger partial charge >= 0.3 is 5.97 Å². The molecule has 8 aliphatic carbocycles. The summed E-state index contributed by atoms with van der Waals surface area (Å²) in [5, 5.41) is 0. The molecule has 15 atom stereocenters. The average Bonchev–Trinajstić information content (AvgIpc) is 3.38. The second-order valence-corrected chi connectivity index (χ2v) is 10.9. The van der Waals surface area contributed by atoms with Crippen molar-refractivity contribution < 1.29 is 19.0 Å². The van der Waals surface area contributed by atoms with E-state index in [4.69, 9.17) is 14.2 Å². The largest absolute Gasteiger partial charge is 0.462 e. The van der Waals surface area contributed by atoms with E-state index in [1.165, 1.54) is 19.3 Å². The quantitative estimate of drug-likeness (QED) is 0.686. The van der Waals surface area contributed by atoms with Gasteiger partial charge in [-0.15, -0.1) is 0 Å². The predicted molar refractivity (Wildman–Crippen MR) is 83.8 cm³/mol. The molecule has 0 amide bonds. The van der Waals surface area contributed by atoms with Crippen molar-refractivity contribution in [3.05, 3.63) is 0 Å². The van der Waals surface area contributed by atoms with E-state index in [1.54, 1.807) is 0 Å². The molecule has 4 heteroatoms. The minimum Gasteiger partial charge on any atom is -0.462 e. The molecule has 25 heavy (non-hydrogen) atoms. The molecular weight excluding hydrogens is 316 g/mol. The van der Waals surface area contributed by atoms with Crippen molar-refractivity contribution in [1.82, 2.24) is 0 Å². The van der Waals surface area contributed by atoms with Gasteiger partial charge in [0.1, 0.15) is 6.10 Å². The van der Waals surface area contributed by atoms with E-state index >= 15 is 0 Å². The van der Waals surface area contributed by atoms with Gasteiger partial charge in [0.05, 0.1) is 11.5 Å². The highest BCUT2D eigenvalue weighted by Gasteiger charge is 3.02. The Morgan fingerprint density at radius 2 is 1.60 bits per heavy atom. The number of carbonyl (C=O) groups excluding carboxylic acids is 1. The highest BCUT2D eigenvalue weighted by atomic mass is 16.7. The summed E-state index contributed by atoms with van der Waals surface area (Å²) in [5.41, 5.74) is -0.251. The molecule has 10 fully saturated rings. The molecule has 0 aromatic rings. The topological polar surface area (TPSA) is 44.8 Å². The Kier molecular flexibility index (Phi) is 1.64. The van der Waals surface area contributed by atoms with Crippen LogP contribution in [0.15, 0.2) is 0 Å². The van der Waals surface area contributed by atoms with Crippen molar-refractivity contribution in [2.45, 2.75) is 44.2 Å². The van der Waals surface area contributed by atoms with Gasteiger partial charge in [-0.3, -0.25) is 4.79 Å². The van der Waals surface area contributed by atoms with E-state index in [9.17, 15) is 4.79 Å². The van der Waals surface area contributed by atoms with Gasteiger partial charge in [-0.25, -0.2) is 0 Å². The van der Waals surface area contributed by atoms with E-state index in [-0.39, 0.29) is 29.2 Å². The average molecular weight is 340 g/mol. The maximum Gasteiger partial charge on any atom is 0.313 e. The van der Waals surface area contributed by atoms with E-state index in [0.717, 1.165) is 36.0 Å². The summed E-state index contributed by atoms with van der Waals surface area (Å²) in [6.07, 6.45) is 5.34. The first-order valence-electron chi connectivity index (χ1n) is 10.7. The summed E-state index contributed by atoms with van der Waals surface area (Å²) < 4.78 is 19.0. The van der Waals surface area contributed by atoms with Crippen LogP contribution in [0.1, 0.15) is 25.7 Å². The maximum atomic E-state index is 13.7. The monoisotopic (exact) mass is 340 g/mol. The Bertz CT molecular complexity index is 762. The summed E-state index contributed by atoms with van der Waals surface area (Å²) in [4.78, 5) is 13.7. The molecule has 2 heterocycles. The molecule has 132 valence electrons. The first kappa shape index (κ1) is 12.7. The number of esters is 1. The molecule has 0 aromatic heterocycles. The molecule has 0 aromatic carbocycles. The second kappa shape index (κ2) is 3.22. The highest BCUT2D eigenvalue weighted by molar-refractivity contribution is 5.85. The van der Waals surface area contributed by atoms with Crippen molar-refractivity contribution in [2.75, 3.05) is 7.11 Å². The lowest BCUT2D eigenvalue weighted by Crippen LogP contribution is -2.72. The fourth-order valence-electron chi connectivity index (χ4n) is 12.5. The Labute approximate surface area is 146 Å². The van der Waals surface area contributed by atoms with Crippen LogP contribution < -0.4 is 0 Å². The standard InChI is InChI=1S/C21H24O4/c1-23-19-21-15-7-2-4-8-10(7)16-13(15)12-14(20(16,21)18(22)24-8)6-3-5-9(25-19)11(6)17(12)21/h6-17,19H,2-5H2,1H3/t6-,7+,8+,9-,10+,11+,12-,13+,14-,15-,16+,17-,19-,20+,21-/m0/s1. The van der Waals surface area contributed by atoms with Gasteiger partial charge in [0.2, 0.25) is 0 Å². The van der Waals surface area contributed by atoms with Crippen LogP contribution in [0.5, 0.6) is 0 Å². The van der Waals surface area contributed by atoms with Crippen molar-refractivity contribution >= 4 is 5.97 Å². The number of rotatable bonds is 1. The first-order chi connectivity index (χ1) is 12.3. The summed E-state index contributed by atoms with van der Waals surface area (Å²) >= 11 is 0. The van der Waals surface area contributed by atoms with Gasteiger partial charge in [-0.05, 0) is 78.9 Å². The lowest BCUT2D eigenvalue weighted by atomic mass is 9.42. The van der Waals surface area contributed by atoms with Crippen LogP contribution >= 0.6 is 0 Å². The molecule has 2 saturated heterocycles. The minimum absolute atomic E-state index is 0.0258. The number of ether oxygens (including phenoxy) is 3. The van der Waals surface area contributed by atoms with Crippen molar-refractivity contribution in [3.63, 3.8) is 0 Å². The predicted octanol–water partition coefficient (Wildman–Crippen LogP) is 2.07. The Morgan fingerprint density at radius 1 is 0.880 bits per heavy atom. The normalized spacial score (nSPS) is 79.1. The van der Waals surface area contributed by atoms with Gasteiger partial charge in [0.25, 0.3) is 0 Å². The van der Waals surface area contributed by atoms with Gasteiger partial charge in [0.15, 0.2) is 6.29 Å². The number of methoxy groups -OCH3 is 1. The van der Waals surface area contributed by atoms with Crippen LogP contribution in [0.25, 0.3) is 0 Å². The molecule has 0 radical (unpaired) electrons. The SMILES string of the molecule is CO[C@H]1O[C@H]2CC[C@H]3[C@H]2[C@H]2[C@H]4[C@H]5[C@H]6[C@@H]7[C@H]8CC[C@H]7OC(=O)[C@]6([C@@H]34)[C@]12[C@@H]85. The lowest BCUT2D eigenvalue weighted by molar-refractivity contribution is -0.341. The summed E-state index contributed by atoms with van der Waals surface area (Å²) in [5.74, 6) is 7.33. The van der Waals surface area contributed by atoms with Crippen LogP contribution in [-0.4, -0.2) is 31.6 Å². The van der Waals surface area contributed by atoms with Gasteiger partial charge in [-0.2, -0.15) is 0 Å². The Morgan fingerprint density at radius 3 is 2.44 bits per heavy atom. The zero-order chi connectivity index (χ0) is 16.0. The van der Waals surface area contributed by atoms with Crippen LogP contribution in [0.2, 0.25) is 0 Å². The van der Waals surface area contributed by atoms with Gasteiger partial charge in [-0.1, -0.05) is 0 Å². The molecule has 10 aliphatic rings. The van der Waals surface area contributed by atoms with Crippen LogP contribution in [-0.2, 0) is 19.0 Å². The Hall–Kier alpha value is -0.610. The number of carbonyl (C=O) groups is 1. The summed E-state index contributed by atoms with van der Waals surface area (Å²) in [6, 6.07) is 0. The fourth-order valence-corrected chi connectivity index (χ4v) is 12.5. The molecule has 2 aliphatic heterocycles. The highest BCUT2D eigenvalue weighted by Crippen LogP contribution is 2.99. The smallest absolute Gasteiger partial charge is 0.313 e. The van der Waals surface area contributed by atoms with Crippen LogP contribution in [0.4, 0.5) is 0 Å². The molecule has 8 bridgehead atoms.